The van der Waals surface area contributed by atoms with Crippen molar-refractivity contribution in [2.45, 2.75) is 13.0 Å². The van der Waals surface area contributed by atoms with E-state index in [4.69, 9.17) is 0 Å². The van der Waals surface area contributed by atoms with Gasteiger partial charge in [0, 0.05) is 31.0 Å². The molecular weight excluding hydrogens is 278 g/mol. The average molecular weight is 293 g/mol. The molecule has 0 fully saturated rings. The summed E-state index contributed by atoms with van der Waals surface area (Å²) in [5.74, 6) is 0.560. The third-order valence-electron chi connectivity index (χ3n) is 3.33. The van der Waals surface area contributed by atoms with E-state index in [0.29, 0.717) is 5.56 Å². The number of nitrogens with zero attached hydrogens (tertiary/aromatic N) is 4. The van der Waals surface area contributed by atoms with Gasteiger partial charge >= 0.3 is 0 Å². The molecule has 3 aromatic rings. The van der Waals surface area contributed by atoms with E-state index in [2.05, 4.69) is 20.3 Å². The summed E-state index contributed by atoms with van der Waals surface area (Å²) in [5, 5.41) is 2.94. The van der Waals surface area contributed by atoms with Gasteiger partial charge in [-0.25, -0.2) is 9.97 Å². The summed E-state index contributed by atoms with van der Waals surface area (Å²) >= 11 is 0. The van der Waals surface area contributed by atoms with E-state index in [1.807, 2.05) is 19.1 Å². The Labute approximate surface area is 127 Å². The van der Waals surface area contributed by atoms with Gasteiger partial charge in [0.2, 0.25) is 0 Å². The molecule has 0 aliphatic carbocycles. The van der Waals surface area contributed by atoms with Crippen molar-refractivity contribution < 1.29 is 4.79 Å². The van der Waals surface area contributed by atoms with Crippen LogP contribution in [0, 0.1) is 0 Å². The molecular formula is C16H15N5O. The van der Waals surface area contributed by atoms with Crippen LogP contribution in [0.1, 0.15) is 28.9 Å². The zero-order valence-electron chi connectivity index (χ0n) is 12.0. The highest BCUT2D eigenvalue weighted by Crippen LogP contribution is 2.12. The van der Waals surface area contributed by atoms with Gasteiger partial charge in [-0.1, -0.05) is 0 Å². The Bertz CT molecular complexity index is 738. The first-order chi connectivity index (χ1) is 10.7. The summed E-state index contributed by atoms with van der Waals surface area (Å²) in [6.07, 6.45) is 10.1. The van der Waals surface area contributed by atoms with E-state index >= 15 is 0 Å². The number of carbonyl (C=O) groups excluding carboxylic acids is 1. The number of hydrogen-bond donors (Lipinski definition) is 1. The van der Waals surface area contributed by atoms with Crippen molar-refractivity contribution in [3.8, 4) is 5.82 Å². The monoisotopic (exact) mass is 293 g/mol. The second-order valence-corrected chi connectivity index (χ2v) is 4.85. The number of hydrogen-bond acceptors (Lipinski definition) is 4. The molecule has 1 atom stereocenters. The minimum Gasteiger partial charge on any atom is -0.345 e. The average Bonchev–Trinajstić information content (AvgIpc) is 3.10. The van der Waals surface area contributed by atoms with Crippen LogP contribution in [0.3, 0.4) is 0 Å². The van der Waals surface area contributed by atoms with Crippen LogP contribution in [0.4, 0.5) is 0 Å². The highest BCUT2D eigenvalue weighted by molar-refractivity contribution is 5.94. The fourth-order valence-electron chi connectivity index (χ4n) is 2.08. The van der Waals surface area contributed by atoms with Gasteiger partial charge in [0.15, 0.2) is 0 Å². The van der Waals surface area contributed by atoms with Gasteiger partial charge in [0.05, 0.1) is 11.6 Å². The molecule has 6 nitrogen and oxygen atoms in total. The molecule has 3 rings (SSSR count). The molecule has 22 heavy (non-hydrogen) atoms. The lowest BCUT2D eigenvalue weighted by Crippen LogP contribution is -2.26. The third kappa shape index (κ3) is 3.01. The Balaban J connectivity index is 1.70. The van der Waals surface area contributed by atoms with Crippen LogP contribution in [0.2, 0.25) is 0 Å². The number of rotatable bonds is 4. The molecule has 3 aromatic heterocycles. The van der Waals surface area contributed by atoms with Crippen molar-refractivity contribution in [3.63, 3.8) is 0 Å². The van der Waals surface area contributed by atoms with Crippen molar-refractivity contribution in [2.75, 3.05) is 0 Å². The fraction of sp³-hybridized carbons (Fsp3) is 0.125. The highest BCUT2D eigenvalue weighted by Gasteiger charge is 2.11. The number of nitrogens with one attached hydrogen (secondary N) is 1. The van der Waals surface area contributed by atoms with Crippen molar-refractivity contribution >= 4 is 5.91 Å². The van der Waals surface area contributed by atoms with Gasteiger partial charge in [-0.2, -0.15) is 0 Å². The predicted molar refractivity (Wildman–Crippen MR) is 81.5 cm³/mol. The Hall–Kier alpha value is -3.02. The summed E-state index contributed by atoms with van der Waals surface area (Å²) < 4.78 is 1.78. The van der Waals surface area contributed by atoms with Crippen LogP contribution in [-0.4, -0.2) is 25.4 Å². The molecule has 0 saturated carbocycles. The summed E-state index contributed by atoms with van der Waals surface area (Å²) in [6.45, 7) is 1.93. The lowest BCUT2D eigenvalue weighted by atomic mass is 10.1. The normalized spacial score (nSPS) is 11.9. The van der Waals surface area contributed by atoms with Crippen LogP contribution in [0.15, 0.2) is 61.6 Å². The molecule has 0 saturated heterocycles. The molecule has 110 valence electrons. The lowest BCUT2D eigenvalue weighted by molar-refractivity contribution is 0.0939. The van der Waals surface area contributed by atoms with Gasteiger partial charge in [-0.15, -0.1) is 0 Å². The molecule has 0 aliphatic heterocycles. The summed E-state index contributed by atoms with van der Waals surface area (Å²) in [5.41, 5.74) is 1.52. The van der Waals surface area contributed by atoms with Gasteiger partial charge in [-0.3, -0.25) is 14.3 Å². The van der Waals surface area contributed by atoms with Crippen LogP contribution >= 0.6 is 0 Å². The summed E-state index contributed by atoms with van der Waals surface area (Å²) in [4.78, 5) is 24.5. The standard InChI is InChI=1S/C16H15N5O/c1-12(13-4-6-17-7-5-13)20-16(22)14-2-3-15(19-10-14)21-9-8-18-11-21/h2-12H,1H3,(H,20,22). The molecule has 0 aliphatic rings. The van der Waals surface area contributed by atoms with Gasteiger partial charge in [-0.05, 0) is 36.8 Å². The zero-order valence-corrected chi connectivity index (χ0v) is 12.0. The molecule has 0 bridgehead atoms. The summed E-state index contributed by atoms with van der Waals surface area (Å²) in [6, 6.07) is 7.20. The van der Waals surface area contributed by atoms with E-state index in [1.54, 1.807) is 54.0 Å². The van der Waals surface area contributed by atoms with Crippen molar-refractivity contribution in [1.82, 2.24) is 24.8 Å². The van der Waals surface area contributed by atoms with E-state index in [9.17, 15) is 4.79 Å². The second kappa shape index (κ2) is 6.17. The van der Waals surface area contributed by atoms with Crippen molar-refractivity contribution in [3.05, 3.63) is 72.7 Å². The lowest BCUT2D eigenvalue weighted by Gasteiger charge is -2.14. The van der Waals surface area contributed by atoms with E-state index in [1.165, 1.54) is 0 Å². The quantitative estimate of drug-likeness (QED) is 0.800. The van der Waals surface area contributed by atoms with Gasteiger partial charge in [0.25, 0.3) is 5.91 Å². The topological polar surface area (TPSA) is 72.7 Å². The van der Waals surface area contributed by atoms with E-state index in [-0.39, 0.29) is 11.9 Å². The molecule has 1 unspecified atom stereocenters. The summed E-state index contributed by atoms with van der Waals surface area (Å²) in [7, 11) is 0. The maximum absolute atomic E-state index is 12.2. The van der Waals surface area contributed by atoms with Crippen LogP contribution in [0.25, 0.3) is 5.82 Å². The fourth-order valence-corrected chi connectivity index (χ4v) is 2.08. The van der Waals surface area contributed by atoms with E-state index in [0.717, 1.165) is 11.4 Å². The SMILES string of the molecule is CC(NC(=O)c1ccc(-n2ccnc2)nc1)c1ccncc1. The second-order valence-electron chi connectivity index (χ2n) is 4.85. The highest BCUT2D eigenvalue weighted by atomic mass is 16.1. The maximum atomic E-state index is 12.2. The molecule has 3 heterocycles. The molecule has 1 amide bonds. The van der Waals surface area contributed by atoms with E-state index < -0.39 is 0 Å². The number of carbonyl (C=O) groups is 1. The predicted octanol–water partition coefficient (Wildman–Crippen LogP) is 2.15. The Morgan fingerprint density at radius 3 is 2.59 bits per heavy atom. The molecule has 0 aromatic carbocycles. The van der Waals surface area contributed by atoms with Gasteiger partial charge < -0.3 is 5.32 Å². The molecule has 0 spiro atoms. The van der Waals surface area contributed by atoms with Crippen molar-refractivity contribution in [1.29, 1.82) is 0 Å². The Kier molecular flexibility index (Phi) is 3.91. The molecule has 0 radical (unpaired) electrons. The largest absolute Gasteiger partial charge is 0.345 e. The smallest absolute Gasteiger partial charge is 0.253 e. The maximum Gasteiger partial charge on any atom is 0.253 e. The number of imidazole rings is 1. The van der Waals surface area contributed by atoms with Crippen LogP contribution in [-0.2, 0) is 0 Å². The first-order valence-electron chi connectivity index (χ1n) is 6.89. The minimum absolute atomic E-state index is 0.0937. The van der Waals surface area contributed by atoms with Crippen molar-refractivity contribution in [2.24, 2.45) is 0 Å². The van der Waals surface area contributed by atoms with Crippen LogP contribution < -0.4 is 5.32 Å². The molecule has 6 heteroatoms. The minimum atomic E-state index is -0.158. The third-order valence-corrected chi connectivity index (χ3v) is 3.33. The number of aromatic nitrogens is 4. The Morgan fingerprint density at radius 1 is 1.14 bits per heavy atom. The van der Waals surface area contributed by atoms with Crippen LogP contribution in [0.5, 0.6) is 0 Å². The number of pyridine rings is 2. The zero-order chi connectivity index (χ0) is 15.4. The first kappa shape index (κ1) is 13.9. The molecule has 1 N–H and O–H groups in total. The number of amides is 1. The first-order valence-corrected chi connectivity index (χ1v) is 6.89. The van der Waals surface area contributed by atoms with Gasteiger partial charge in [0.1, 0.15) is 12.1 Å². The Morgan fingerprint density at radius 2 is 1.95 bits per heavy atom.